The van der Waals surface area contributed by atoms with Gasteiger partial charge in [-0.05, 0) is 102 Å². The van der Waals surface area contributed by atoms with Gasteiger partial charge in [0.05, 0.1) is 30.1 Å². The molecule has 9 heterocycles. The van der Waals surface area contributed by atoms with Crippen molar-refractivity contribution in [1.82, 2.24) is 39.0 Å². The van der Waals surface area contributed by atoms with Crippen molar-refractivity contribution < 1.29 is 23.8 Å². The second kappa shape index (κ2) is 17.6. The number of aromatic nitrogens is 6. The summed E-state index contributed by atoms with van der Waals surface area (Å²) < 4.78 is 22.5. The molecule has 4 aromatic heterocycles. The summed E-state index contributed by atoms with van der Waals surface area (Å²) in [6.45, 7) is 11.6. The maximum absolute atomic E-state index is 14.9. The molecule has 17 heteroatoms. The third-order valence-electron chi connectivity index (χ3n) is 14.2. The van der Waals surface area contributed by atoms with Crippen LogP contribution in [0.5, 0.6) is 17.2 Å². The number of amides is 2. The van der Waals surface area contributed by atoms with Crippen molar-refractivity contribution in [1.29, 1.82) is 0 Å². The van der Waals surface area contributed by atoms with Crippen LogP contribution in [0.25, 0.3) is 22.4 Å². The Bertz CT molecular complexity index is 2880. The number of piperidine rings is 2. The van der Waals surface area contributed by atoms with Crippen molar-refractivity contribution in [3.05, 3.63) is 88.5 Å². The molecule has 11 rings (SSSR count). The average molecular weight is 909 g/mol. The molecular weight excluding hydrogens is 849 g/mol. The molecule has 0 aliphatic carbocycles. The molecule has 0 spiro atoms. The van der Waals surface area contributed by atoms with Crippen LogP contribution in [0.4, 0.5) is 11.6 Å². The molecular formula is C50H60N12O5. The fraction of sp³-hybridized carbons (Fsp3) is 0.480. The zero-order valence-corrected chi connectivity index (χ0v) is 38.7. The molecule has 17 nitrogen and oxygen atoms in total. The van der Waals surface area contributed by atoms with E-state index in [-0.39, 0.29) is 36.0 Å². The van der Waals surface area contributed by atoms with Crippen LogP contribution in [0.15, 0.2) is 54.9 Å². The fourth-order valence-corrected chi connectivity index (χ4v) is 10.9. The van der Waals surface area contributed by atoms with Gasteiger partial charge < -0.3 is 45.3 Å². The van der Waals surface area contributed by atoms with E-state index in [2.05, 4.69) is 23.6 Å². The van der Waals surface area contributed by atoms with E-state index in [1.165, 1.54) is 0 Å². The minimum absolute atomic E-state index is 0.0967. The molecule has 6 aromatic rings. The van der Waals surface area contributed by atoms with Gasteiger partial charge in [-0.15, -0.1) is 0 Å². The summed E-state index contributed by atoms with van der Waals surface area (Å²) in [5.74, 6) is 3.20. The number of fused-ring (bicyclic) bond motifs is 3. The smallest absolute Gasteiger partial charge is 0.254 e. The van der Waals surface area contributed by atoms with Gasteiger partial charge in [-0.25, -0.2) is 19.0 Å². The molecule has 0 bridgehead atoms. The van der Waals surface area contributed by atoms with Crippen molar-refractivity contribution in [2.75, 3.05) is 68.9 Å². The highest BCUT2D eigenvalue weighted by molar-refractivity contribution is 5.99. The number of hydrogen-bond acceptors (Lipinski definition) is 13. The van der Waals surface area contributed by atoms with Crippen molar-refractivity contribution >= 4 is 34.7 Å². The maximum Gasteiger partial charge on any atom is 0.254 e. The third kappa shape index (κ3) is 8.04. The Kier molecular flexibility index (Phi) is 11.4. The predicted molar refractivity (Wildman–Crippen MR) is 254 cm³/mol. The van der Waals surface area contributed by atoms with E-state index in [1.807, 2.05) is 74.5 Å². The minimum atomic E-state index is -0.237. The first-order chi connectivity index (χ1) is 32.6. The molecule has 0 radical (unpaired) electrons. The van der Waals surface area contributed by atoms with Crippen LogP contribution in [0, 0.1) is 13.8 Å². The molecule has 0 unspecified atom stereocenters. The van der Waals surface area contributed by atoms with Crippen LogP contribution < -0.4 is 35.5 Å². The molecule has 4 N–H and O–H groups in total. The number of hydrogen-bond donors (Lipinski definition) is 2. The number of aryl methyl sites for hydroxylation is 2. The van der Waals surface area contributed by atoms with Gasteiger partial charge in [0.2, 0.25) is 0 Å². The average Bonchev–Trinajstić information content (AvgIpc) is 4.17. The molecule has 0 saturated carbocycles. The van der Waals surface area contributed by atoms with Crippen LogP contribution in [0.2, 0.25) is 0 Å². The van der Waals surface area contributed by atoms with Gasteiger partial charge in [0.25, 0.3) is 11.8 Å². The molecule has 4 fully saturated rings. The molecule has 5 aliphatic heterocycles. The lowest BCUT2D eigenvalue weighted by Gasteiger charge is -2.35. The van der Waals surface area contributed by atoms with Crippen LogP contribution in [-0.4, -0.2) is 122 Å². The highest BCUT2D eigenvalue weighted by atomic mass is 16.6. The van der Waals surface area contributed by atoms with Crippen molar-refractivity contribution in [2.45, 2.75) is 96.3 Å². The quantitative estimate of drug-likeness (QED) is 0.171. The summed E-state index contributed by atoms with van der Waals surface area (Å²) in [5.41, 5.74) is 20.0. The number of benzene rings is 2. The SMILES string of the molecule is CCOc1cc(C(=O)N2CCCC[C@H]2c2cc3nc(N4CC[C@H](N)C4)c(C)cn3n2)ccc1-c1cc(C(=O)N2CCCC[C@H]2c2cc3nc(N4CC[C@H](N)C4)c(C)cn3n2)cc2c1OCCO2. The molecule has 2 amide bonds. The van der Waals surface area contributed by atoms with Crippen LogP contribution in [-0.2, 0) is 0 Å². The van der Waals surface area contributed by atoms with E-state index in [0.717, 1.165) is 123 Å². The van der Waals surface area contributed by atoms with E-state index in [9.17, 15) is 9.59 Å². The Morgan fingerprint density at radius 1 is 0.672 bits per heavy atom. The van der Waals surface area contributed by atoms with Gasteiger partial charge in [-0.3, -0.25) is 9.59 Å². The van der Waals surface area contributed by atoms with Crippen molar-refractivity contribution in [3.8, 4) is 28.4 Å². The molecule has 4 saturated heterocycles. The zero-order chi connectivity index (χ0) is 45.9. The van der Waals surface area contributed by atoms with Gasteiger partial charge in [0.15, 0.2) is 22.8 Å². The molecule has 67 heavy (non-hydrogen) atoms. The van der Waals surface area contributed by atoms with Crippen LogP contribution in [0.1, 0.15) is 114 Å². The Morgan fingerprint density at radius 3 is 1.79 bits per heavy atom. The van der Waals surface area contributed by atoms with E-state index in [4.69, 9.17) is 45.8 Å². The first-order valence-electron chi connectivity index (χ1n) is 24.2. The lowest BCUT2D eigenvalue weighted by atomic mass is 9.95. The number of nitrogens with two attached hydrogens (primary N) is 2. The number of nitrogens with zero attached hydrogens (tertiary/aromatic N) is 10. The van der Waals surface area contributed by atoms with E-state index in [0.29, 0.717) is 72.4 Å². The Labute approximate surface area is 389 Å². The molecule has 4 atom stereocenters. The van der Waals surface area contributed by atoms with Gasteiger partial charge in [0, 0.05) is 109 Å². The van der Waals surface area contributed by atoms with Gasteiger partial charge >= 0.3 is 0 Å². The third-order valence-corrected chi connectivity index (χ3v) is 14.2. The normalized spacial score (nSPS) is 22.0. The van der Waals surface area contributed by atoms with Crippen molar-refractivity contribution in [2.24, 2.45) is 11.5 Å². The lowest BCUT2D eigenvalue weighted by molar-refractivity contribution is 0.0598. The van der Waals surface area contributed by atoms with Crippen LogP contribution >= 0.6 is 0 Å². The Morgan fingerprint density at radius 2 is 1.24 bits per heavy atom. The van der Waals surface area contributed by atoms with E-state index in [1.54, 1.807) is 6.07 Å². The largest absolute Gasteiger partial charge is 0.493 e. The zero-order valence-electron chi connectivity index (χ0n) is 38.7. The Hall–Kier alpha value is -6.46. The van der Waals surface area contributed by atoms with E-state index < -0.39 is 0 Å². The van der Waals surface area contributed by atoms with Crippen LogP contribution in [0.3, 0.4) is 0 Å². The summed E-state index contributed by atoms with van der Waals surface area (Å²) in [6.07, 6.45) is 11.2. The number of ether oxygens (including phenoxy) is 3. The van der Waals surface area contributed by atoms with Gasteiger partial charge in [0.1, 0.15) is 30.6 Å². The number of carbonyl (C=O) groups excluding carboxylic acids is 2. The maximum atomic E-state index is 14.9. The molecule has 350 valence electrons. The number of anilines is 2. The monoisotopic (exact) mass is 908 g/mol. The second-order valence-corrected chi connectivity index (χ2v) is 18.9. The lowest BCUT2D eigenvalue weighted by Crippen LogP contribution is -2.38. The topological polar surface area (TPSA) is 187 Å². The molecule has 2 aromatic carbocycles. The number of likely N-dealkylation sites (tertiary alicyclic amines) is 2. The number of rotatable bonds is 9. The predicted octanol–water partition coefficient (Wildman–Crippen LogP) is 6.04. The fourth-order valence-electron chi connectivity index (χ4n) is 10.9. The standard InChI is InChI=1S/C50H60N12O5/c1-4-65-42-22-32(49(63)59-15-7-5-9-40(59)38-24-44-53-47(30(2)26-61(44)55-38)57-17-13-34(51)28-57)11-12-36(42)37-21-33(23-43-46(37)67-20-19-66-43)50(64)60-16-8-6-10-41(60)39-25-45-54-48(31(3)27-62(45)56-39)58-18-14-35(52)29-58/h11-12,21-27,34-35,40-41H,4-10,13-20,28-29,51-52H2,1-3H3/t34-,35-,40-,41-/m0/s1. The van der Waals surface area contributed by atoms with Gasteiger partial charge in [-0.2, -0.15) is 10.2 Å². The molecule has 5 aliphatic rings. The summed E-state index contributed by atoms with van der Waals surface area (Å²) >= 11 is 0. The van der Waals surface area contributed by atoms with Crippen molar-refractivity contribution in [3.63, 3.8) is 0 Å². The highest BCUT2D eigenvalue weighted by Crippen LogP contribution is 2.46. The second-order valence-electron chi connectivity index (χ2n) is 18.9. The summed E-state index contributed by atoms with van der Waals surface area (Å²) in [5, 5.41) is 9.98. The summed E-state index contributed by atoms with van der Waals surface area (Å²) in [7, 11) is 0. The summed E-state index contributed by atoms with van der Waals surface area (Å²) in [6, 6.07) is 13.1. The number of carbonyl (C=O) groups is 2. The highest BCUT2D eigenvalue weighted by Gasteiger charge is 2.35. The van der Waals surface area contributed by atoms with E-state index >= 15 is 0 Å². The Balaban J connectivity index is 0.891. The minimum Gasteiger partial charge on any atom is -0.493 e. The van der Waals surface area contributed by atoms with Gasteiger partial charge in [-0.1, -0.05) is 0 Å². The first-order valence-corrected chi connectivity index (χ1v) is 24.2. The first kappa shape index (κ1) is 43.1. The summed E-state index contributed by atoms with van der Waals surface area (Å²) in [4.78, 5) is 48.0.